The van der Waals surface area contributed by atoms with E-state index >= 15 is 0 Å². The SMILES string of the molecule is CC(Br)c1ccccc1.CC(Nc1cc(Br)cnc1[N+](=O)[O-])c1ccccc1.COC(OC)OC.Cc1noc(C)c1-c1cnc(N)c(CC(C)c2ccccc2)c1.Cc1noc(C)c1-c1cnc([N+](=O)[O-])c(CC(C)c2ccccc2)c1.Cc1noc(C)c1-c1cnc2ncn(C(C)c3ccccc3)c2c1.Cc1noc(C)c1B1OC(C)(C)C(C)(C)O1.Nc1cc(Br)cnc1[N+](=O)[O-].O. The van der Waals surface area contributed by atoms with Gasteiger partial charge in [-0.05, 0) is 254 Å². The molecule has 0 aliphatic carbocycles. The molecule has 0 spiro atoms. The van der Waals surface area contributed by atoms with E-state index in [0.29, 0.717) is 48.9 Å². The van der Waals surface area contributed by atoms with Crippen molar-refractivity contribution in [3.05, 3.63) is 343 Å². The third kappa shape index (κ3) is 29.3. The average Bonchev–Trinajstić information content (AvgIpc) is 1.59. The van der Waals surface area contributed by atoms with Gasteiger partial charge in [0.2, 0.25) is 0 Å². The monoisotopic (exact) mass is 2030 g/mol. The zero-order valence-electron chi connectivity index (χ0n) is 78.9. The highest BCUT2D eigenvalue weighted by molar-refractivity contribution is 9.10. The lowest BCUT2D eigenvalue weighted by Crippen LogP contribution is -2.41. The quantitative estimate of drug-likeness (QED) is 0.0186. The van der Waals surface area contributed by atoms with Crippen LogP contribution in [0.4, 0.5) is 34.6 Å². The summed E-state index contributed by atoms with van der Waals surface area (Å²) in [5.41, 5.74) is 30.5. The van der Waals surface area contributed by atoms with Gasteiger partial charge >= 0.3 is 24.6 Å². The highest BCUT2D eigenvalue weighted by Crippen LogP contribution is 2.39. The molecule has 16 rings (SSSR count). The lowest BCUT2D eigenvalue weighted by atomic mass is 9.77. The Morgan fingerprint density at radius 2 is 0.837 bits per heavy atom. The van der Waals surface area contributed by atoms with E-state index < -0.39 is 21.2 Å². The number of nitro groups is 3. The van der Waals surface area contributed by atoms with Crippen LogP contribution in [0.1, 0.15) is 176 Å². The molecule has 1 aliphatic rings. The fourth-order valence-electron chi connectivity index (χ4n) is 14.3. The first kappa shape index (κ1) is 107. The minimum Gasteiger partial charge on any atom is -0.412 e. The number of nitrogens with two attached hydrogens (primary N) is 2. The molecule has 33 nitrogen and oxygen atoms in total. The lowest BCUT2D eigenvalue weighted by molar-refractivity contribution is -0.390. The number of hydrogen-bond acceptors (Lipinski definition) is 28. The average molecular weight is 2040 g/mol. The molecule has 135 heavy (non-hydrogen) atoms. The number of aryl methyl sites for hydroxylation is 8. The first-order chi connectivity index (χ1) is 63.8. The largest absolute Gasteiger partial charge is 0.500 e. The molecule has 1 fully saturated rings. The molecule has 710 valence electrons. The van der Waals surface area contributed by atoms with Gasteiger partial charge in [0.05, 0.1) is 71.9 Å². The van der Waals surface area contributed by atoms with Gasteiger partial charge in [-0.2, -0.15) is 0 Å². The summed E-state index contributed by atoms with van der Waals surface area (Å²) >= 11 is 9.83. The van der Waals surface area contributed by atoms with Crippen LogP contribution in [0.15, 0.2) is 246 Å². The molecule has 1 aliphatic heterocycles. The number of rotatable bonds is 22. The second kappa shape index (κ2) is 50.4. The van der Waals surface area contributed by atoms with Gasteiger partial charge < -0.3 is 98.8 Å². The maximum absolute atomic E-state index is 11.4. The van der Waals surface area contributed by atoms with Crippen molar-refractivity contribution in [2.45, 2.75) is 177 Å². The van der Waals surface area contributed by atoms with Crippen LogP contribution in [0.25, 0.3) is 44.5 Å². The van der Waals surface area contributed by atoms with Crippen LogP contribution in [-0.2, 0) is 36.4 Å². The Kier molecular flexibility index (Phi) is 40.1. The van der Waals surface area contributed by atoms with E-state index in [9.17, 15) is 30.3 Å². The van der Waals surface area contributed by atoms with Crippen LogP contribution in [0, 0.1) is 85.7 Å². The van der Waals surface area contributed by atoms with Crippen molar-refractivity contribution in [1.29, 1.82) is 0 Å². The fourth-order valence-corrected chi connectivity index (χ4v) is 15.3. The van der Waals surface area contributed by atoms with Gasteiger partial charge in [0, 0.05) is 77.9 Å². The van der Waals surface area contributed by atoms with E-state index in [1.54, 1.807) is 12.3 Å². The van der Waals surface area contributed by atoms with Gasteiger partial charge in [-0.15, -0.1) is 0 Å². The highest BCUT2D eigenvalue weighted by atomic mass is 79.9. The molecule has 0 saturated carbocycles. The number of imidazole rings is 1. The summed E-state index contributed by atoms with van der Waals surface area (Å²) in [6.45, 7) is 33.3. The number of nitrogens with zero attached hydrogens (tertiary/aromatic N) is 14. The normalized spacial score (nSPS) is 13.1. The van der Waals surface area contributed by atoms with E-state index in [2.05, 4.69) is 223 Å². The van der Waals surface area contributed by atoms with Gasteiger partial charge in [0.25, 0.3) is 6.48 Å². The van der Waals surface area contributed by atoms with E-state index in [0.717, 1.165) is 113 Å². The van der Waals surface area contributed by atoms with Crippen LogP contribution in [0.2, 0.25) is 0 Å². The van der Waals surface area contributed by atoms with E-state index in [-0.39, 0.29) is 64.9 Å². The second-order valence-corrected chi connectivity index (χ2v) is 35.6. The Morgan fingerprint density at radius 3 is 1.24 bits per heavy atom. The number of halogens is 3. The van der Waals surface area contributed by atoms with Gasteiger partial charge in [-0.3, -0.25) is 0 Å². The van der Waals surface area contributed by atoms with Crippen molar-refractivity contribution in [2.24, 2.45) is 0 Å². The standard InChI is InChI=1S/C19H18N4O.C19H19N3O3.C19H21N3O.C13H12BrN3O2.C11H18BNO3.C8H9Br.C5H4BrN3O2.C4H10O3.H2O/c1-12-18(14(3)24-22-12)16-9-17-19(20-10-16)21-11-23(17)13(2)15-7-5-4-6-8-15;1-12(15-7-5-4-6-8-15)9-16-10-17(11-20-19(16)22(23)24)18-13(2)21-25-14(18)3;1-12(15-7-5-4-6-8-15)9-16-10-17(11-21-19(16)20)18-13(2)22-23-14(18)3;1-9(10-5-3-2-4-6-10)16-12-7-11(14)8-15-13(12)17(18)19;1-7-9(8(2)14-13-7)12-15-10(3,4)11(5,6)16-12;1-7(9)8-5-3-2-4-6-8;6-3-1-4(7)5(8-2-3)9(10)11;1-5-4(6-2)7-3;/h4-11,13H,1-3H3;4-8,10-12H,9H2,1-3H3;4-8,10-12H,9H2,1-3H3,(H2,20,21);2-9,16H,1H3;1-6H3;2-7H,1H3;1-2H,7H2;4H,1-3H3;1H2. The van der Waals surface area contributed by atoms with Crippen LogP contribution in [0.3, 0.4) is 0 Å². The Morgan fingerprint density at radius 1 is 0.459 bits per heavy atom. The maximum atomic E-state index is 11.4. The molecule has 0 bridgehead atoms. The van der Waals surface area contributed by atoms with E-state index in [1.807, 2.05) is 200 Å². The maximum Gasteiger partial charge on any atom is 0.500 e. The van der Waals surface area contributed by atoms with Gasteiger partial charge in [-0.1, -0.05) is 202 Å². The predicted molar refractivity (Wildman–Crippen MR) is 533 cm³/mol. The van der Waals surface area contributed by atoms with Crippen LogP contribution < -0.4 is 22.2 Å². The summed E-state index contributed by atoms with van der Waals surface area (Å²) in [5.74, 6) is 3.56. The number of anilines is 3. The predicted octanol–water partition coefficient (Wildman–Crippen LogP) is 22.6. The van der Waals surface area contributed by atoms with Crippen LogP contribution in [0.5, 0.6) is 0 Å². The topological polar surface area (TPSA) is 458 Å². The summed E-state index contributed by atoms with van der Waals surface area (Å²) in [7, 11) is 4.16. The molecule has 5 aromatic carbocycles. The number of benzene rings is 5. The minimum atomic E-state index is -0.623. The highest BCUT2D eigenvalue weighted by Gasteiger charge is 2.53. The second-order valence-electron chi connectivity index (χ2n) is 32.4. The van der Waals surface area contributed by atoms with Crippen molar-refractivity contribution in [3.63, 3.8) is 0 Å². The Balaban J connectivity index is 0.000000195. The zero-order chi connectivity index (χ0) is 97.8. The van der Waals surface area contributed by atoms with Gasteiger partial charge in [0.15, 0.2) is 18.0 Å². The Hall–Kier alpha value is -13.0. The first-order valence-electron chi connectivity index (χ1n) is 42.6. The summed E-state index contributed by atoms with van der Waals surface area (Å²) in [4.78, 5) is 56.2. The number of ether oxygens (including phenoxy) is 3. The van der Waals surface area contributed by atoms with Gasteiger partial charge in [-0.25, -0.2) is 15.0 Å². The molecule has 5 atom stereocenters. The Bertz CT molecular complexity index is 6230. The smallest absolute Gasteiger partial charge is 0.412 e. The number of nitrogen functional groups attached to an aromatic ring is 2. The number of hydrogen-bond donors (Lipinski definition) is 3. The number of alkyl halides is 1. The van der Waals surface area contributed by atoms with Crippen LogP contribution in [-0.4, -0.2) is 121 Å². The number of pyridine rings is 5. The molecule has 11 heterocycles. The van der Waals surface area contributed by atoms with Crippen molar-refractivity contribution in [2.75, 3.05) is 38.1 Å². The van der Waals surface area contributed by atoms with Crippen molar-refractivity contribution < 1.29 is 61.9 Å². The Labute approximate surface area is 809 Å². The van der Waals surface area contributed by atoms with Crippen molar-refractivity contribution in [3.8, 4) is 33.4 Å². The van der Waals surface area contributed by atoms with Gasteiger partial charge in [0.1, 0.15) is 46.4 Å². The summed E-state index contributed by atoms with van der Waals surface area (Å²) in [6.07, 6.45) is 11.1. The molecule has 0 radical (unpaired) electrons. The molecular weight excluding hydrogens is 1920 g/mol. The van der Waals surface area contributed by atoms with Crippen LogP contribution >= 0.6 is 47.8 Å². The molecule has 37 heteroatoms. The molecule has 0 amide bonds. The zero-order valence-corrected chi connectivity index (χ0v) is 83.7. The molecule has 10 aromatic heterocycles. The third-order valence-electron chi connectivity index (χ3n) is 22.1. The molecule has 5 unspecified atom stereocenters. The molecule has 7 N–H and O–H groups in total. The van der Waals surface area contributed by atoms with Crippen molar-refractivity contribution in [1.82, 2.24) is 55.1 Å². The fraction of sp³-hybridized carbons (Fsp3) is 0.306. The lowest BCUT2D eigenvalue weighted by Gasteiger charge is -2.32. The van der Waals surface area contributed by atoms with E-state index in [4.69, 9.17) is 38.9 Å². The van der Waals surface area contributed by atoms with Crippen molar-refractivity contribution >= 4 is 106 Å². The summed E-state index contributed by atoms with van der Waals surface area (Å²) < 4.78 is 50.1. The summed E-state index contributed by atoms with van der Waals surface area (Å²) in [6, 6.07) is 60.1. The number of aromatic nitrogens is 11. The number of fused-ring (bicyclic) bond motifs is 1. The molecule has 1 saturated heterocycles. The first-order valence-corrected chi connectivity index (χ1v) is 45.1. The number of methoxy groups -OCH3 is 3. The minimum absolute atomic E-state index is 0. The third-order valence-corrected chi connectivity index (χ3v) is 23.5. The molecule has 15 aromatic rings. The van der Waals surface area contributed by atoms with E-state index in [1.165, 1.54) is 62.7 Å². The number of nitrogens with one attached hydrogen (secondary N) is 1. The molecular formula is C98H113BBr3N17O16. The summed E-state index contributed by atoms with van der Waals surface area (Å²) in [5, 5.41) is 51.6.